The van der Waals surface area contributed by atoms with Gasteiger partial charge >= 0.3 is 5.97 Å². The van der Waals surface area contributed by atoms with E-state index in [1.165, 1.54) is 0 Å². The van der Waals surface area contributed by atoms with Gasteiger partial charge in [-0.15, -0.1) is 0 Å². The molecule has 3 saturated heterocycles. The Morgan fingerprint density at radius 3 is 1.93 bits per heavy atom. The smallest absolute Gasteiger partial charge is 0.335 e. The van der Waals surface area contributed by atoms with Gasteiger partial charge in [0.15, 0.2) is 25.0 Å². The highest BCUT2D eigenvalue weighted by molar-refractivity contribution is 5.73. The average molecular weight is 657 g/mol. The minimum Gasteiger partial charge on any atom is -0.479 e. The topological polar surface area (TPSA) is 212 Å². The van der Waals surface area contributed by atoms with Crippen LogP contribution in [0.5, 0.6) is 0 Å². The summed E-state index contributed by atoms with van der Waals surface area (Å²) in [6.07, 6.45) is -14.1. The molecule has 3 aliphatic rings. The van der Waals surface area contributed by atoms with E-state index in [1.54, 1.807) is 6.92 Å². The fourth-order valence-corrected chi connectivity index (χ4v) is 5.72. The van der Waals surface area contributed by atoms with Crippen LogP contribution in [0.2, 0.25) is 0 Å². The van der Waals surface area contributed by atoms with Crippen molar-refractivity contribution >= 4 is 5.97 Å². The second-order valence-electron chi connectivity index (χ2n) is 11.4. The summed E-state index contributed by atoms with van der Waals surface area (Å²) in [7, 11) is 0. The van der Waals surface area contributed by atoms with E-state index in [1.807, 2.05) is 41.5 Å². The van der Waals surface area contributed by atoms with E-state index in [9.17, 15) is 35.4 Å². The van der Waals surface area contributed by atoms with Crippen LogP contribution in [0.4, 0.5) is 0 Å². The lowest BCUT2D eigenvalue weighted by Gasteiger charge is -2.45. The summed E-state index contributed by atoms with van der Waals surface area (Å²) in [5.41, 5.74) is 0. The molecule has 0 saturated carbocycles. The van der Waals surface area contributed by atoms with Gasteiger partial charge in [0.1, 0.15) is 30.5 Å². The number of carboxylic acid groups (broad SMARTS) is 1. The zero-order chi connectivity index (χ0) is 33.8. The van der Waals surface area contributed by atoms with Gasteiger partial charge in [-0.25, -0.2) is 4.79 Å². The van der Waals surface area contributed by atoms with E-state index < -0.39 is 93.0 Å². The van der Waals surface area contributed by atoms with Gasteiger partial charge in [0.2, 0.25) is 0 Å². The molecule has 15 heteroatoms. The molecule has 14 atom stereocenters. The number of aliphatic hydroxyl groups excluding tert-OH is 5. The lowest BCUT2D eigenvalue weighted by Crippen LogP contribution is -2.59. The molecule has 266 valence electrons. The van der Waals surface area contributed by atoms with Crippen LogP contribution < -0.4 is 0 Å². The predicted octanol–water partition coefficient (Wildman–Crippen LogP) is 0.294. The summed E-state index contributed by atoms with van der Waals surface area (Å²) < 4.78 is 46.2. The number of hydrogen-bond donors (Lipinski definition) is 6. The van der Waals surface area contributed by atoms with Crippen molar-refractivity contribution in [3.8, 4) is 0 Å². The average Bonchev–Trinajstić information content (AvgIpc) is 3.00. The first kappa shape index (κ1) is 40.1. The third kappa shape index (κ3) is 11.3. The van der Waals surface area contributed by atoms with Crippen LogP contribution in [-0.4, -0.2) is 149 Å². The minimum absolute atomic E-state index is 0.00727. The van der Waals surface area contributed by atoms with Gasteiger partial charge in [0.25, 0.3) is 0 Å². The number of ether oxygens (including phenoxy) is 8. The van der Waals surface area contributed by atoms with Crippen LogP contribution in [0.1, 0.15) is 74.1 Å². The van der Waals surface area contributed by atoms with E-state index in [-0.39, 0.29) is 44.2 Å². The highest BCUT2D eigenvalue weighted by Crippen LogP contribution is 2.33. The molecule has 0 amide bonds. The van der Waals surface area contributed by atoms with Crippen molar-refractivity contribution in [1.82, 2.24) is 0 Å². The van der Waals surface area contributed by atoms with Gasteiger partial charge in [0.05, 0.1) is 49.8 Å². The molecule has 6 N–H and O–H groups in total. The fraction of sp³-hybridized carbons (Fsp3) is 0.967. The molecule has 0 aromatic heterocycles. The summed E-state index contributed by atoms with van der Waals surface area (Å²) in [4.78, 5) is 12.2. The van der Waals surface area contributed by atoms with Crippen LogP contribution in [0.3, 0.4) is 0 Å². The summed E-state index contributed by atoms with van der Waals surface area (Å²) in [6, 6.07) is 0. The maximum atomic E-state index is 12.2. The molecular formula is C30H56O15. The quantitative estimate of drug-likeness (QED) is 0.140. The molecule has 3 fully saturated rings. The Labute approximate surface area is 265 Å². The number of carboxylic acids is 1. The van der Waals surface area contributed by atoms with E-state index in [0.29, 0.717) is 6.42 Å². The largest absolute Gasteiger partial charge is 0.479 e. The van der Waals surface area contributed by atoms with Crippen LogP contribution in [-0.2, 0) is 42.7 Å². The predicted molar refractivity (Wildman–Crippen MR) is 157 cm³/mol. The van der Waals surface area contributed by atoms with Crippen LogP contribution in [0.15, 0.2) is 0 Å². The minimum atomic E-state index is -1.69. The van der Waals surface area contributed by atoms with Crippen LogP contribution >= 0.6 is 0 Å². The van der Waals surface area contributed by atoms with Gasteiger partial charge in [-0.3, -0.25) is 0 Å². The molecule has 0 aromatic carbocycles. The maximum Gasteiger partial charge on any atom is 0.335 e. The SMILES string of the molecule is CC.CCOC1CC(O[C@H]2[C@H](O)CC(O[C@H]3[C@H](O)CC(O[C@H](CC)[C@H](C)OC(C)C)O[C@@H]3CO)O[C@@H]2C(=O)O)O[C@H](CO)[C@H]1O. The molecular weight excluding hydrogens is 600 g/mol. The van der Waals surface area contributed by atoms with Crippen LogP contribution in [0.25, 0.3) is 0 Å². The zero-order valence-electron chi connectivity index (χ0n) is 27.5. The van der Waals surface area contributed by atoms with Crippen molar-refractivity contribution < 1.29 is 73.3 Å². The number of aliphatic hydroxyl groups is 5. The normalized spacial score (nSPS) is 38.7. The van der Waals surface area contributed by atoms with Crippen molar-refractivity contribution in [2.75, 3.05) is 19.8 Å². The fourth-order valence-electron chi connectivity index (χ4n) is 5.72. The van der Waals surface area contributed by atoms with Crippen molar-refractivity contribution in [2.24, 2.45) is 0 Å². The third-order valence-corrected chi connectivity index (χ3v) is 7.77. The summed E-state index contributed by atoms with van der Waals surface area (Å²) in [5.74, 6) is -1.44. The van der Waals surface area contributed by atoms with Gasteiger partial charge in [-0.1, -0.05) is 20.8 Å². The Morgan fingerprint density at radius 1 is 0.822 bits per heavy atom. The highest BCUT2D eigenvalue weighted by Gasteiger charge is 2.49. The first-order valence-electron chi connectivity index (χ1n) is 16.1. The Bertz CT molecular complexity index is 833. The van der Waals surface area contributed by atoms with Gasteiger partial charge in [0, 0.05) is 25.9 Å². The summed E-state index contributed by atoms with van der Waals surface area (Å²) in [5, 5.41) is 61.7. The number of carbonyl (C=O) groups is 1. The van der Waals surface area contributed by atoms with Gasteiger partial charge < -0.3 is 68.5 Å². The molecule has 0 spiro atoms. The molecule has 0 aliphatic carbocycles. The lowest BCUT2D eigenvalue weighted by atomic mass is 9.98. The third-order valence-electron chi connectivity index (χ3n) is 7.77. The molecule has 0 radical (unpaired) electrons. The van der Waals surface area contributed by atoms with E-state index in [2.05, 4.69) is 0 Å². The monoisotopic (exact) mass is 656 g/mol. The zero-order valence-corrected chi connectivity index (χ0v) is 27.5. The summed E-state index contributed by atoms with van der Waals surface area (Å²) in [6.45, 7) is 12.6. The van der Waals surface area contributed by atoms with Gasteiger partial charge in [-0.2, -0.15) is 0 Å². The van der Waals surface area contributed by atoms with E-state index >= 15 is 0 Å². The maximum absolute atomic E-state index is 12.2. The lowest BCUT2D eigenvalue weighted by molar-refractivity contribution is -0.341. The Hall–Kier alpha value is -1.05. The van der Waals surface area contributed by atoms with E-state index in [4.69, 9.17) is 37.9 Å². The second-order valence-corrected chi connectivity index (χ2v) is 11.4. The molecule has 45 heavy (non-hydrogen) atoms. The molecule has 3 heterocycles. The van der Waals surface area contributed by atoms with Crippen molar-refractivity contribution in [2.45, 2.75) is 166 Å². The highest BCUT2D eigenvalue weighted by atomic mass is 16.7. The second kappa shape index (κ2) is 19.7. The van der Waals surface area contributed by atoms with E-state index in [0.717, 1.165) is 0 Å². The number of rotatable bonds is 15. The first-order chi connectivity index (χ1) is 21.4. The molecule has 0 bridgehead atoms. The van der Waals surface area contributed by atoms with Gasteiger partial charge in [-0.05, 0) is 34.1 Å². The Balaban J connectivity index is 0.00000345. The summed E-state index contributed by atoms with van der Waals surface area (Å²) >= 11 is 0. The molecule has 3 aliphatic heterocycles. The van der Waals surface area contributed by atoms with Crippen LogP contribution in [0, 0.1) is 0 Å². The number of aliphatic carboxylic acids is 1. The van der Waals surface area contributed by atoms with Crippen molar-refractivity contribution in [3.63, 3.8) is 0 Å². The standard InChI is InChI=1S/C28H50O15.C2H6/c1-6-17(14(5)37-13(3)4)38-21-8-15(31)25(20(12-30)40-21)41-22-9-16(32)26(27(43-22)28(34)35)42-23-10-18(36-7-2)24(33)19(11-29)39-23;1-2/h13-27,29-33H,6-12H2,1-5H3,(H,34,35);1-2H3/t14-,15+,16+,17+,18?,19+,20+,21?,22?,23?,24-,25-,26-,27-;/m0./s1. The van der Waals surface area contributed by atoms with Crippen molar-refractivity contribution in [3.05, 3.63) is 0 Å². The Kier molecular flexibility index (Phi) is 17.6. The first-order valence-corrected chi connectivity index (χ1v) is 16.1. The van der Waals surface area contributed by atoms with Crippen molar-refractivity contribution in [1.29, 1.82) is 0 Å². The molecule has 0 aromatic rings. The molecule has 4 unspecified atom stereocenters. The molecule has 3 rings (SSSR count). The number of hydrogen-bond acceptors (Lipinski definition) is 14. The Morgan fingerprint density at radius 2 is 1.38 bits per heavy atom. The molecule has 15 nitrogen and oxygen atoms in total.